The quantitative estimate of drug-likeness (QED) is 0.360. The molecule has 0 saturated carbocycles. The van der Waals surface area contributed by atoms with Gasteiger partial charge >= 0.3 is 0 Å². The molecule has 1 saturated heterocycles. The van der Waals surface area contributed by atoms with Crippen LogP contribution in [0.1, 0.15) is 60.3 Å². The molecule has 1 aliphatic heterocycles. The van der Waals surface area contributed by atoms with Crippen molar-refractivity contribution in [2.45, 2.75) is 72.4 Å². The molecule has 25 heavy (non-hydrogen) atoms. The van der Waals surface area contributed by atoms with Crippen LogP contribution in [0.4, 0.5) is 0 Å². The van der Waals surface area contributed by atoms with Gasteiger partial charge in [0.1, 0.15) is 0 Å². The predicted octanol–water partition coefficient (Wildman–Crippen LogP) is 2.78. The van der Waals surface area contributed by atoms with Gasteiger partial charge in [-0.2, -0.15) is 0 Å². The summed E-state index contributed by atoms with van der Waals surface area (Å²) in [5, 5.41) is 7.01. The lowest BCUT2D eigenvalue weighted by Crippen LogP contribution is -2.52. The molecule has 0 aromatic carbocycles. The number of hydrogen-bond donors (Lipinski definition) is 2. The number of unbranched alkanes of at least 4 members (excludes halogenated alkanes) is 2. The Morgan fingerprint density at radius 3 is 2.28 bits per heavy atom. The van der Waals surface area contributed by atoms with Crippen LogP contribution in [0.5, 0.6) is 0 Å². The molecular weight excluding hydrogens is 310 g/mol. The van der Waals surface area contributed by atoms with E-state index in [0.717, 1.165) is 32.1 Å². The van der Waals surface area contributed by atoms with E-state index in [9.17, 15) is 0 Å². The molecule has 1 fully saturated rings. The molecule has 148 valence electrons. The van der Waals surface area contributed by atoms with Crippen molar-refractivity contribution in [1.29, 1.82) is 0 Å². The van der Waals surface area contributed by atoms with Crippen LogP contribution in [0.2, 0.25) is 0 Å². The zero-order valence-electron chi connectivity index (χ0n) is 17.6. The van der Waals surface area contributed by atoms with Gasteiger partial charge in [0.25, 0.3) is 0 Å². The number of guanidine groups is 1. The lowest BCUT2D eigenvalue weighted by Gasteiger charge is -2.39. The van der Waals surface area contributed by atoms with Crippen molar-refractivity contribution in [2.24, 2.45) is 10.9 Å². The first-order valence-corrected chi connectivity index (χ1v) is 10.4. The van der Waals surface area contributed by atoms with Crippen molar-refractivity contribution in [3.63, 3.8) is 0 Å². The zero-order chi connectivity index (χ0) is 18.7. The number of likely N-dealkylation sites (N-methyl/N-ethyl adjacent to an activating group) is 1. The monoisotopic (exact) mass is 353 g/mol. The lowest BCUT2D eigenvalue weighted by molar-refractivity contribution is 0.0925. The highest BCUT2D eigenvalue weighted by Crippen LogP contribution is 2.14. The SMILES string of the molecule is CCCCCC(C)NC(=NCC(C(C)C)N1CCN(C)CC1)NCC. The average molecular weight is 354 g/mol. The maximum Gasteiger partial charge on any atom is 0.191 e. The molecule has 0 aromatic heterocycles. The second-order valence-electron chi connectivity index (χ2n) is 7.91. The smallest absolute Gasteiger partial charge is 0.191 e. The minimum Gasteiger partial charge on any atom is -0.357 e. The van der Waals surface area contributed by atoms with Gasteiger partial charge in [0.15, 0.2) is 5.96 Å². The predicted molar refractivity (Wildman–Crippen MR) is 110 cm³/mol. The van der Waals surface area contributed by atoms with Crippen LogP contribution >= 0.6 is 0 Å². The van der Waals surface area contributed by atoms with Gasteiger partial charge in [0.05, 0.1) is 6.54 Å². The number of aliphatic imine (C=N–C) groups is 1. The molecular formula is C20H43N5. The van der Waals surface area contributed by atoms with Crippen molar-refractivity contribution < 1.29 is 0 Å². The third-order valence-electron chi connectivity index (χ3n) is 5.18. The van der Waals surface area contributed by atoms with E-state index >= 15 is 0 Å². The van der Waals surface area contributed by atoms with Gasteiger partial charge in [-0.25, -0.2) is 0 Å². The molecule has 0 radical (unpaired) electrons. The molecule has 0 aliphatic carbocycles. The van der Waals surface area contributed by atoms with Crippen LogP contribution in [-0.4, -0.2) is 74.2 Å². The third kappa shape index (κ3) is 8.91. The summed E-state index contributed by atoms with van der Waals surface area (Å²) in [6.07, 6.45) is 5.10. The molecule has 1 aliphatic rings. The molecule has 2 N–H and O–H groups in total. The third-order valence-corrected chi connectivity index (χ3v) is 5.18. The van der Waals surface area contributed by atoms with Gasteiger partial charge in [0.2, 0.25) is 0 Å². The van der Waals surface area contributed by atoms with Gasteiger partial charge in [-0.3, -0.25) is 9.89 Å². The summed E-state index contributed by atoms with van der Waals surface area (Å²) in [5.41, 5.74) is 0. The standard InChI is InChI=1S/C20H43N5/c1-7-9-10-11-18(5)23-20(21-8-2)22-16-19(17(3)4)25-14-12-24(6)13-15-25/h17-19H,7-16H2,1-6H3,(H2,21,22,23). The molecule has 0 aromatic rings. The molecule has 0 spiro atoms. The van der Waals surface area contributed by atoms with E-state index in [1.165, 1.54) is 38.8 Å². The van der Waals surface area contributed by atoms with E-state index < -0.39 is 0 Å². The van der Waals surface area contributed by atoms with Crippen molar-refractivity contribution >= 4 is 5.96 Å². The number of hydrogen-bond acceptors (Lipinski definition) is 3. The second-order valence-corrected chi connectivity index (χ2v) is 7.91. The highest BCUT2D eigenvalue weighted by molar-refractivity contribution is 5.80. The van der Waals surface area contributed by atoms with Gasteiger partial charge in [-0.15, -0.1) is 0 Å². The number of nitrogens with one attached hydrogen (secondary N) is 2. The number of nitrogens with zero attached hydrogens (tertiary/aromatic N) is 3. The first-order valence-electron chi connectivity index (χ1n) is 10.4. The summed E-state index contributed by atoms with van der Waals surface area (Å²) in [4.78, 5) is 9.98. The highest BCUT2D eigenvalue weighted by atomic mass is 15.3. The van der Waals surface area contributed by atoms with Crippen LogP contribution in [0, 0.1) is 5.92 Å². The Morgan fingerprint density at radius 2 is 1.72 bits per heavy atom. The van der Waals surface area contributed by atoms with Crippen LogP contribution in [0.15, 0.2) is 4.99 Å². The Morgan fingerprint density at radius 1 is 1.04 bits per heavy atom. The Kier molecular flexibility index (Phi) is 11.1. The van der Waals surface area contributed by atoms with E-state index in [1.807, 2.05) is 0 Å². The van der Waals surface area contributed by atoms with Crippen molar-refractivity contribution in [1.82, 2.24) is 20.4 Å². The summed E-state index contributed by atoms with van der Waals surface area (Å²) in [7, 11) is 2.22. The Bertz CT molecular complexity index is 361. The maximum absolute atomic E-state index is 4.94. The van der Waals surface area contributed by atoms with E-state index in [1.54, 1.807) is 0 Å². The first-order chi connectivity index (χ1) is 12.0. The minimum atomic E-state index is 0.477. The zero-order valence-corrected chi connectivity index (χ0v) is 17.6. The molecule has 0 bridgehead atoms. The summed E-state index contributed by atoms with van der Waals surface area (Å²) in [5.74, 6) is 1.60. The van der Waals surface area contributed by atoms with Crippen LogP contribution < -0.4 is 10.6 Å². The molecule has 1 rings (SSSR count). The fourth-order valence-corrected chi connectivity index (χ4v) is 3.41. The maximum atomic E-state index is 4.94. The van der Waals surface area contributed by atoms with Crippen molar-refractivity contribution in [3.05, 3.63) is 0 Å². The van der Waals surface area contributed by atoms with Crippen LogP contribution in [-0.2, 0) is 0 Å². The van der Waals surface area contributed by atoms with E-state index in [4.69, 9.17) is 4.99 Å². The average Bonchev–Trinajstić information content (AvgIpc) is 2.56. The van der Waals surface area contributed by atoms with Gasteiger partial charge in [0, 0.05) is 44.8 Å². The molecule has 2 atom stereocenters. The van der Waals surface area contributed by atoms with E-state index in [-0.39, 0.29) is 0 Å². The Balaban J connectivity index is 2.59. The lowest BCUT2D eigenvalue weighted by atomic mass is 10.0. The Labute approximate surface area is 156 Å². The second kappa shape index (κ2) is 12.5. The molecule has 5 nitrogen and oxygen atoms in total. The first kappa shape index (κ1) is 22.2. The largest absolute Gasteiger partial charge is 0.357 e. The van der Waals surface area contributed by atoms with Gasteiger partial charge in [-0.1, -0.05) is 40.0 Å². The summed E-state index contributed by atoms with van der Waals surface area (Å²) in [6.45, 7) is 17.7. The molecule has 0 amide bonds. The fraction of sp³-hybridized carbons (Fsp3) is 0.950. The van der Waals surface area contributed by atoms with E-state index in [0.29, 0.717) is 18.0 Å². The minimum absolute atomic E-state index is 0.477. The van der Waals surface area contributed by atoms with Crippen molar-refractivity contribution in [2.75, 3.05) is 46.3 Å². The normalized spacial score (nSPS) is 19.9. The van der Waals surface area contributed by atoms with Gasteiger partial charge < -0.3 is 15.5 Å². The summed E-state index contributed by atoms with van der Waals surface area (Å²) < 4.78 is 0. The summed E-state index contributed by atoms with van der Waals surface area (Å²) >= 11 is 0. The van der Waals surface area contributed by atoms with Crippen LogP contribution in [0.3, 0.4) is 0 Å². The highest BCUT2D eigenvalue weighted by Gasteiger charge is 2.24. The van der Waals surface area contributed by atoms with E-state index in [2.05, 4.69) is 62.1 Å². The molecule has 5 heteroatoms. The number of piperazine rings is 1. The summed E-state index contributed by atoms with van der Waals surface area (Å²) in [6, 6.07) is 1.00. The topological polar surface area (TPSA) is 42.9 Å². The van der Waals surface area contributed by atoms with Crippen molar-refractivity contribution in [3.8, 4) is 0 Å². The molecule has 2 unspecified atom stereocenters. The fourth-order valence-electron chi connectivity index (χ4n) is 3.41. The number of rotatable bonds is 10. The van der Waals surface area contributed by atoms with Crippen LogP contribution in [0.25, 0.3) is 0 Å². The Hall–Kier alpha value is -0.810. The molecule has 1 heterocycles. The van der Waals surface area contributed by atoms with Gasteiger partial charge in [-0.05, 0) is 33.2 Å².